The Kier molecular flexibility index (Phi) is 3.82. The van der Waals surface area contributed by atoms with Crippen LogP contribution in [0.1, 0.15) is 22.6 Å². The summed E-state index contributed by atoms with van der Waals surface area (Å²) in [5.74, 6) is 0.811. The van der Waals surface area contributed by atoms with Crippen LogP contribution in [0.25, 0.3) is 11.4 Å². The van der Waals surface area contributed by atoms with Gasteiger partial charge in [0.1, 0.15) is 11.5 Å². The van der Waals surface area contributed by atoms with Crippen molar-refractivity contribution < 1.29 is 0 Å². The number of fused-ring (bicyclic) bond motifs is 1. The Labute approximate surface area is 141 Å². The van der Waals surface area contributed by atoms with Crippen LogP contribution in [0.3, 0.4) is 0 Å². The first-order valence-corrected chi connectivity index (χ1v) is 8.17. The summed E-state index contributed by atoms with van der Waals surface area (Å²) in [6.45, 7) is 7.60. The Morgan fingerprint density at radius 2 is 1.92 bits per heavy atom. The number of aromatic nitrogens is 5. The van der Waals surface area contributed by atoms with E-state index in [-0.39, 0.29) is 0 Å². The highest BCUT2D eigenvalue weighted by atomic mass is 15.3. The molecule has 0 bridgehead atoms. The minimum atomic E-state index is 0.811. The van der Waals surface area contributed by atoms with Crippen LogP contribution in [-0.2, 0) is 19.6 Å². The van der Waals surface area contributed by atoms with Crippen LogP contribution in [0, 0.1) is 13.8 Å². The summed E-state index contributed by atoms with van der Waals surface area (Å²) < 4.78 is 2.10. The van der Waals surface area contributed by atoms with Crippen LogP contribution < -0.4 is 0 Å². The molecule has 0 saturated carbocycles. The van der Waals surface area contributed by atoms with Gasteiger partial charge in [-0.15, -0.1) is 0 Å². The summed E-state index contributed by atoms with van der Waals surface area (Å²) in [5.41, 5.74) is 5.46. The molecule has 0 aliphatic carbocycles. The Morgan fingerprint density at radius 1 is 1.08 bits per heavy atom. The van der Waals surface area contributed by atoms with E-state index >= 15 is 0 Å². The van der Waals surface area contributed by atoms with Gasteiger partial charge in [-0.3, -0.25) is 14.6 Å². The molecule has 1 aliphatic heterocycles. The van der Waals surface area contributed by atoms with Crippen molar-refractivity contribution in [3.8, 4) is 11.4 Å². The first-order valence-electron chi connectivity index (χ1n) is 8.17. The summed E-state index contributed by atoms with van der Waals surface area (Å²) in [4.78, 5) is 15.4. The smallest absolute Gasteiger partial charge is 0.125 e. The van der Waals surface area contributed by atoms with Gasteiger partial charge >= 0.3 is 0 Å². The molecule has 122 valence electrons. The fourth-order valence-electron chi connectivity index (χ4n) is 3.08. The third-order valence-electron chi connectivity index (χ3n) is 4.37. The average molecular weight is 320 g/mol. The van der Waals surface area contributed by atoms with E-state index in [0.29, 0.717) is 0 Å². The lowest BCUT2D eigenvalue weighted by Gasteiger charge is -2.27. The van der Waals surface area contributed by atoms with E-state index in [1.54, 1.807) is 0 Å². The molecule has 0 saturated heterocycles. The fourth-order valence-corrected chi connectivity index (χ4v) is 3.08. The van der Waals surface area contributed by atoms with E-state index < -0.39 is 0 Å². The zero-order valence-corrected chi connectivity index (χ0v) is 14.0. The van der Waals surface area contributed by atoms with Gasteiger partial charge in [0.2, 0.25) is 0 Å². The Hall–Kier alpha value is -2.60. The average Bonchev–Trinajstić information content (AvgIpc) is 3.00. The van der Waals surface area contributed by atoms with Gasteiger partial charge in [-0.1, -0.05) is 6.07 Å². The lowest BCUT2D eigenvalue weighted by molar-refractivity contribution is 0.205. The molecular formula is C18H20N6. The molecule has 0 aromatic carbocycles. The monoisotopic (exact) mass is 320 g/mol. The SMILES string of the molecule is Cc1ncc(CN2CCn3nc(-c4ncccc4C)cc3C2)cn1. The van der Waals surface area contributed by atoms with Crippen molar-refractivity contribution in [1.29, 1.82) is 0 Å². The lowest BCUT2D eigenvalue weighted by atomic mass is 10.1. The van der Waals surface area contributed by atoms with Crippen LogP contribution in [0.15, 0.2) is 36.8 Å². The molecule has 4 rings (SSSR count). The van der Waals surface area contributed by atoms with Crippen LogP contribution in [0.2, 0.25) is 0 Å². The highest BCUT2D eigenvalue weighted by Gasteiger charge is 2.20. The molecule has 6 nitrogen and oxygen atoms in total. The molecule has 0 unspecified atom stereocenters. The predicted molar refractivity (Wildman–Crippen MR) is 91.1 cm³/mol. The van der Waals surface area contributed by atoms with Gasteiger partial charge in [-0.05, 0) is 31.5 Å². The number of rotatable bonds is 3. The standard InChI is InChI=1S/C18H20N6/c1-13-4-3-5-19-18(13)17-8-16-12-23(6-7-24(16)22-17)11-15-9-20-14(2)21-10-15/h3-5,8-10H,6-7,11-12H2,1-2H3. The summed E-state index contributed by atoms with van der Waals surface area (Å²) in [5, 5.41) is 4.74. The molecule has 0 amide bonds. The van der Waals surface area contributed by atoms with E-state index in [1.807, 2.05) is 31.6 Å². The van der Waals surface area contributed by atoms with Crippen LogP contribution >= 0.6 is 0 Å². The van der Waals surface area contributed by atoms with Crippen molar-refractivity contribution in [2.75, 3.05) is 6.54 Å². The molecule has 4 heterocycles. The second-order valence-corrected chi connectivity index (χ2v) is 6.26. The van der Waals surface area contributed by atoms with Gasteiger partial charge < -0.3 is 0 Å². The van der Waals surface area contributed by atoms with Gasteiger partial charge in [-0.2, -0.15) is 5.10 Å². The second kappa shape index (κ2) is 6.13. The topological polar surface area (TPSA) is 59.7 Å². The molecular weight excluding hydrogens is 300 g/mol. The predicted octanol–water partition coefficient (Wildman–Crippen LogP) is 2.37. The first-order chi connectivity index (χ1) is 11.7. The maximum atomic E-state index is 4.74. The highest BCUT2D eigenvalue weighted by Crippen LogP contribution is 2.23. The lowest BCUT2D eigenvalue weighted by Crippen LogP contribution is -2.33. The molecule has 24 heavy (non-hydrogen) atoms. The Bertz CT molecular complexity index is 852. The Morgan fingerprint density at radius 3 is 2.71 bits per heavy atom. The number of hydrogen-bond acceptors (Lipinski definition) is 5. The maximum Gasteiger partial charge on any atom is 0.125 e. The van der Waals surface area contributed by atoms with Crippen LogP contribution in [0.4, 0.5) is 0 Å². The quantitative estimate of drug-likeness (QED) is 0.741. The molecule has 0 N–H and O–H groups in total. The molecule has 0 atom stereocenters. The van der Waals surface area contributed by atoms with Gasteiger partial charge in [0.15, 0.2) is 0 Å². The number of pyridine rings is 1. The van der Waals surface area contributed by atoms with E-state index in [9.17, 15) is 0 Å². The molecule has 3 aromatic rings. The number of nitrogens with zero attached hydrogens (tertiary/aromatic N) is 6. The van der Waals surface area contributed by atoms with E-state index in [1.165, 1.54) is 5.69 Å². The molecule has 0 spiro atoms. The van der Waals surface area contributed by atoms with Crippen molar-refractivity contribution in [3.63, 3.8) is 0 Å². The fraction of sp³-hybridized carbons (Fsp3) is 0.333. The van der Waals surface area contributed by atoms with Crippen LogP contribution in [0.5, 0.6) is 0 Å². The summed E-state index contributed by atoms with van der Waals surface area (Å²) in [6.07, 6.45) is 5.65. The zero-order valence-electron chi connectivity index (χ0n) is 14.0. The van der Waals surface area contributed by atoms with Gasteiger partial charge in [0.05, 0.1) is 17.9 Å². The van der Waals surface area contributed by atoms with Crippen molar-refractivity contribution >= 4 is 0 Å². The Balaban J connectivity index is 1.53. The molecule has 0 radical (unpaired) electrons. The zero-order chi connectivity index (χ0) is 16.5. The van der Waals surface area contributed by atoms with Crippen molar-refractivity contribution in [3.05, 3.63) is 59.4 Å². The largest absolute Gasteiger partial charge is 0.291 e. The van der Waals surface area contributed by atoms with Gasteiger partial charge in [0.25, 0.3) is 0 Å². The van der Waals surface area contributed by atoms with E-state index in [4.69, 9.17) is 5.10 Å². The summed E-state index contributed by atoms with van der Waals surface area (Å²) >= 11 is 0. The van der Waals surface area contributed by atoms with Crippen molar-refractivity contribution in [2.45, 2.75) is 33.5 Å². The molecule has 6 heteroatoms. The highest BCUT2D eigenvalue weighted by molar-refractivity contribution is 5.58. The minimum absolute atomic E-state index is 0.811. The van der Waals surface area contributed by atoms with Crippen molar-refractivity contribution in [2.24, 2.45) is 0 Å². The van der Waals surface area contributed by atoms with Gasteiger partial charge in [-0.25, -0.2) is 9.97 Å². The third kappa shape index (κ3) is 2.92. The van der Waals surface area contributed by atoms with Crippen LogP contribution in [-0.4, -0.2) is 36.2 Å². The second-order valence-electron chi connectivity index (χ2n) is 6.26. The van der Waals surface area contributed by atoms with E-state index in [0.717, 1.165) is 54.5 Å². The normalized spacial score (nSPS) is 14.6. The number of aryl methyl sites for hydroxylation is 2. The summed E-state index contributed by atoms with van der Waals surface area (Å²) in [7, 11) is 0. The molecule has 3 aromatic heterocycles. The molecule has 1 aliphatic rings. The van der Waals surface area contributed by atoms with Crippen molar-refractivity contribution in [1.82, 2.24) is 29.6 Å². The molecule has 0 fully saturated rings. The minimum Gasteiger partial charge on any atom is -0.291 e. The van der Waals surface area contributed by atoms with Gasteiger partial charge in [0, 0.05) is 43.8 Å². The maximum absolute atomic E-state index is 4.74. The summed E-state index contributed by atoms with van der Waals surface area (Å²) in [6, 6.07) is 6.19. The first kappa shape index (κ1) is 15.0. The number of hydrogen-bond donors (Lipinski definition) is 0. The third-order valence-corrected chi connectivity index (χ3v) is 4.37. The van der Waals surface area contributed by atoms with E-state index in [2.05, 4.69) is 43.6 Å².